The second-order valence-electron chi connectivity index (χ2n) is 8.12. The molecule has 0 bridgehead atoms. The zero-order valence-corrected chi connectivity index (χ0v) is 17.9. The van der Waals surface area contributed by atoms with Crippen molar-refractivity contribution in [1.29, 1.82) is 5.26 Å². The van der Waals surface area contributed by atoms with Crippen LogP contribution in [0.3, 0.4) is 0 Å². The van der Waals surface area contributed by atoms with Gasteiger partial charge in [-0.2, -0.15) is 14.0 Å². The van der Waals surface area contributed by atoms with Gasteiger partial charge in [0.05, 0.1) is 5.56 Å². The van der Waals surface area contributed by atoms with Crippen LogP contribution in [0.4, 0.5) is 26.3 Å². The maximum Gasteiger partial charge on any atom is 0.426 e. The average molecular weight is 467 g/mol. The SMILES string of the molecule is CCCC=CC1CC(F)C(c2ccc(C(F)(F)Oc3cc(F)c(C#N)c(F)c3)cc2)C(F)C1. The first-order valence-corrected chi connectivity index (χ1v) is 10.7. The summed E-state index contributed by atoms with van der Waals surface area (Å²) in [5.74, 6) is -4.74. The van der Waals surface area contributed by atoms with Crippen LogP contribution >= 0.6 is 0 Å². The Morgan fingerprint density at radius 2 is 1.64 bits per heavy atom. The van der Waals surface area contributed by atoms with E-state index in [4.69, 9.17) is 5.26 Å². The summed E-state index contributed by atoms with van der Waals surface area (Å²) in [6.07, 6.45) is -1.04. The molecule has 1 aliphatic rings. The molecular weight excluding hydrogens is 444 g/mol. The molecule has 2 atom stereocenters. The fourth-order valence-electron chi connectivity index (χ4n) is 4.05. The molecule has 2 aromatic rings. The molecule has 2 nitrogen and oxygen atoms in total. The van der Waals surface area contributed by atoms with Crippen LogP contribution in [0.25, 0.3) is 0 Å². The Morgan fingerprint density at radius 3 is 2.15 bits per heavy atom. The fraction of sp³-hybridized carbons (Fsp3) is 0.400. The Labute approximate surface area is 188 Å². The molecule has 0 N–H and O–H groups in total. The molecule has 1 aliphatic carbocycles. The Hall–Kier alpha value is -2.95. The lowest BCUT2D eigenvalue weighted by Crippen LogP contribution is -2.33. The van der Waals surface area contributed by atoms with Crippen LogP contribution in [0.1, 0.15) is 55.2 Å². The van der Waals surface area contributed by atoms with Crippen LogP contribution < -0.4 is 4.74 Å². The third-order valence-electron chi connectivity index (χ3n) is 5.70. The van der Waals surface area contributed by atoms with Crippen molar-refractivity contribution in [1.82, 2.24) is 0 Å². The van der Waals surface area contributed by atoms with Crippen molar-refractivity contribution >= 4 is 0 Å². The summed E-state index contributed by atoms with van der Waals surface area (Å²) in [4.78, 5) is 0. The van der Waals surface area contributed by atoms with Gasteiger partial charge < -0.3 is 4.74 Å². The van der Waals surface area contributed by atoms with Gasteiger partial charge in [-0.25, -0.2) is 17.6 Å². The molecule has 0 aromatic heterocycles. The van der Waals surface area contributed by atoms with Crippen molar-refractivity contribution in [2.75, 3.05) is 0 Å². The summed E-state index contributed by atoms with van der Waals surface area (Å²) in [5.41, 5.74) is -1.31. The molecule has 2 unspecified atom stereocenters. The molecule has 0 radical (unpaired) electrons. The second-order valence-corrected chi connectivity index (χ2v) is 8.12. The van der Waals surface area contributed by atoms with Gasteiger partial charge in [-0.15, -0.1) is 0 Å². The van der Waals surface area contributed by atoms with Crippen LogP contribution in [-0.4, -0.2) is 12.3 Å². The predicted molar refractivity (Wildman–Crippen MR) is 111 cm³/mol. The Kier molecular flexibility index (Phi) is 7.72. The number of benzene rings is 2. The molecule has 33 heavy (non-hydrogen) atoms. The number of unbranched alkanes of at least 4 members (excludes halogenated alkanes) is 1. The van der Waals surface area contributed by atoms with Gasteiger partial charge in [0.15, 0.2) is 0 Å². The van der Waals surface area contributed by atoms with Crippen molar-refractivity contribution < 1.29 is 31.1 Å². The van der Waals surface area contributed by atoms with E-state index in [1.54, 1.807) is 0 Å². The van der Waals surface area contributed by atoms with Crippen LogP contribution in [-0.2, 0) is 6.11 Å². The van der Waals surface area contributed by atoms with Gasteiger partial charge in [-0.05, 0) is 42.9 Å². The van der Waals surface area contributed by atoms with Crippen molar-refractivity contribution in [3.05, 3.63) is 76.9 Å². The van der Waals surface area contributed by atoms with Gasteiger partial charge >= 0.3 is 6.11 Å². The van der Waals surface area contributed by atoms with Crippen LogP contribution in [0.5, 0.6) is 5.75 Å². The molecule has 0 saturated heterocycles. The van der Waals surface area contributed by atoms with E-state index >= 15 is 0 Å². The Bertz CT molecular complexity index is 995. The number of nitriles is 1. The minimum absolute atomic E-state index is 0.155. The number of nitrogens with zero attached hydrogens (tertiary/aromatic N) is 1. The maximum absolute atomic E-state index is 14.8. The van der Waals surface area contributed by atoms with E-state index < -0.39 is 52.9 Å². The summed E-state index contributed by atoms with van der Waals surface area (Å²) in [7, 11) is 0. The largest absolute Gasteiger partial charge is 0.429 e. The van der Waals surface area contributed by atoms with E-state index in [1.807, 2.05) is 19.1 Å². The van der Waals surface area contributed by atoms with Crippen molar-refractivity contribution in [3.8, 4) is 11.8 Å². The molecule has 3 rings (SSSR count). The summed E-state index contributed by atoms with van der Waals surface area (Å²) in [6, 6.07) is 6.62. The van der Waals surface area contributed by atoms with Gasteiger partial charge in [0.2, 0.25) is 0 Å². The van der Waals surface area contributed by atoms with E-state index in [0.717, 1.165) is 25.0 Å². The number of halogens is 6. The van der Waals surface area contributed by atoms with Crippen LogP contribution in [0.2, 0.25) is 0 Å². The third-order valence-corrected chi connectivity index (χ3v) is 5.70. The van der Waals surface area contributed by atoms with Crippen molar-refractivity contribution in [2.45, 2.75) is 57.0 Å². The topological polar surface area (TPSA) is 33.0 Å². The van der Waals surface area contributed by atoms with E-state index in [9.17, 15) is 26.3 Å². The standard InChI is InChI=1S/C25H23F6NO/c1-2-3-4-5-15-10-22(28)24(23(29)11-15)16-6-8-17(9-7-16)25(30,31)33-18-12-20(26)19(14-32)21(27)13-18/h4-9,12-13,15,22-24H,2-3,10-11H2,1H3. The van der Waals surface area contributed by atoms with Gasteiger partial charge in [0, 0.05) is 18.1 Å². The smallest absolute Gasteiger partial charge is 0.426 e. The third kappa shape index (κ3) is 5.70. The fourth-order valence-corrected chi connectivity index (χ4v) is 4.05. The maximum atomic E-state index is 14.8. The first-order chi connectivity index (χ1) is 15.7. The first kappa shape index (κ1) is 24.7. The number of hydrogen-bond donors (Lipinski definition) is 0. The number of ether oxygens (including phenoxy) is 1. The lowest BCUT2D eigenvalue weighted by molar-refractivity contribution is -0.185. The lowest BCUT2D eigenvalue weighted by atomic mass is 9.75. The van der Waals surface area contributed by atoms with Crippen molar-refractivity contribution in [3.63, 3.8) is 0 Å². The highest BCUT2D eigenvalue weighted by atomic mass is 19.3. The highest BCUT2D eigenvalue weighted by Gasteiger charge is 2.40. The van der Waals surface area contributed by atoms with E-state index in [0.29, 0.717) is 12.1 Å². The summed E-state index contributed by atoms with van der Waals surface area (Å²) < 4.78 is 90.4. The number of allylic oxidation sites excluding steroid dienone is 2. The minimum atomic E-state index is -3.97. The summed E-state index contributed by atoms with van der Waals surface area (Å²) in [6.45, 7) is 2.01. The second kappa shape index (κ2) is 10.3. The number of hydrogen-bond acceptors (Lipinski definition) is 2. The summed E-state index contributed by atoms with van der Waals surface area (Å²) in [5, 5.41) is 8.66. The zero-order valence-electron chi connectivity index (χ0n) is 17.9. The van der Waals surface area contributed by atoms with Gasteiger partial charge in [0.1, 0.15) is 41.4 Å². The molecular formula is C25H23F6NO. The molecule has 0 spiro atoms. The average Bonchev–Trinajstić information content (AvgIpc) is 2.73. The van der Waals surface area contributed by atoms with E-state index in [2.05, 4.69) is 4.74 Å². The number of alkyl halides is 4. The van der Waals surface area contributed by atoms with Gasteiger partial charge in [-0.3, -0.25) is 0 Å². The molecule has 8 heteroatoms. The van der Waals surface area contributed by atoms with Gasteiger partial charge in [-0.1, -0.05) is 37.6 Å². The highest BCUT2D eigenvalue weighted by molar-refractivity contribution is 5.38. The van der Waals surface area contributed by atoms with Crippen LogP contribution in [0, 0.1) is 28.9 Å². The van der Waals surface area contributed by atoms with Crippen LogP contribution in [0.15, 0.2) is 48.6 Å². The lowest BCUT2D eigenvalue weighted by Gasteiger charge is -2.34. The monoisotopic (exact) mass is 467 g/mol. The van der Waals surface area contributed by atoms with Crippen molar-refractivity contribution in [2.24, 2.45) is 5.92 Å². The van der Waals surface area contributed by atoms with E-state index in [1.165, 1.54) is 18.2 Å². The van der Waals surface area contributed by atoms with E-state index in [-0.39, 0.29) is 24.3 Å². The Morgan fingerprint density at radius 1 is 1.06 bits per heavy atom. The zero-order chi connectivity index (χ0) is 24.2. The first-order valence-electron chi connectivity index (χ1n) is 10.7. The highest BCUT2D eigenvalue weighted by Crippen LogP contribution is 2.41. The molecule has 0 amide bonds. The Balaban J connectivity index is 1.73. The molecule has 1 saturated carbocycles. The quantitative estimate of drug-likeness (QED) is 0.312. The molecule has 0 heterocycles. The molecule has 0 aliphatic heterocycles. The normalized spacial score (nSPS) is 23.5. The number of rotatable bonds is 7. The predicted octanol–water partition coefficient (Wildman–Crippen LogP) is 7.49. The minimum Gasteiger partial charge on any atom is -0.429 e. The summed E-state index contributed by atoms with van der Waals surface area (Å²) >= 11 is 0. The molecule has 1 fully saturated rings. The van der Waals surface area contributed by atoms with Gasteiger partial charge in [0.25, 0.3) is 0 Å². The molecule has 176 valence electrons. The molecule has 2 aromatic carbocycles.